The van der Waals surface area contributed by atoms with Gasteiger partial charge in [-0.25, -0.2) is 14.2 Å². The van der Waals surface area contributed by atoms with Crippen molar-refractivity contribution in [1.29, 1.82) is 0 Å². The van der Waals surface area contributed by atoms with E-state index >= 15 is 0 Å². The number of carbonyl (C=O) groups is 1. The Hall–Kier alpha value is -3.75. The lowest BCUT2D eigenvalue weighted by atomic mass is 9.96. The van der Waals surface area contributed by atoms with Gasteiger partial charge in [-0.2, -0.15) is 0 Å². The zero-order chi connectivity index (χ0) is 26.3. The minimum atomic E-state index is -0.806. The van der Waals surface area contributed by atoms with Gasteiger partial charge >= 0.3 is 5.97 Å². The number of esters is 1. The smallest absolute Gasteiger partial charge is 0.338 e. The molecule has 2 aromatic heterocycles. The van der Waals surface area contributed by atoms with E-state index in [9.17, 15) is 14.0 Å². The Kier molecular flexibility index (Phi) is 6.70. The first-order valence-electron chi connectivity index (χ1n) is 11.6. The highest BCUT2D eigenvalue weighted by Crippen LogP contribution is 2.31. The van der Waals surface area contributed by atoms with E-state index in [2.05, 4.69) is 4.99 Å². The SMILES string of the molecule is CCOC(=O)C1=C(C)N=c2s/c(=C\c3ccc(-c4cc(Cl)ccc4C)o3)c(=O)n2C1c1ccc(F)cc1. The summed E-state index contributed by atoms with van der Waals surface area (Å²) in [6, 6.07) is 14.1. The number of thiazole rings is 1. The number of aryl methyl sites for hydroxylation is 1. The maximum atomic E-state index is 13.7. The lowest BCUT2D eigenvalue weighted by molar-refractivity contribution is -0.139. The van der Waals surface area contributed by atoms with Gasteiger partial charge in [0, 0.05) is 16.7 Å². The Morgan fingerprint density at radius 1 is 1.19 bits per heavy atom. The van der Waals surface area contributed by atoms with Crippen molar-refractivity contribution < 1.29 is 18.3 Å². The number of furan rings is 1. The summed E-state index contributed by atoms with van der Waals surface area (Å²) in [6.45, 7) is 5.54. The van der Waals surface area contributed by atoms with Gasteiger partial charge in [-0.05, 0) is 68.3 Å². The number of ether oxygens (including phenoxy) is 1. The van der Waals surface area contributed by atoms with Gasteiger partial charge in [0.05, 0.1) is 28.5 Å². The predicted octanol–water partition coefficient (Wildman–Crippen LogP) is 5.16. The van der Waals surface area contributed by atoms with Crippen molar-refractivity contribution in [3.63, 3.8) is 0 Å². The standard InChI is InChI=1S/C28H22ClFN2O4S/c1-4-35-27(34)24-16(3)31-28-32(25(24)17-6-9-19(30)10-7-17)26(33)23(37-28)14-20-11-12-22(36-20)21-13-18(29)8-5-15(21)2/h5-14,25H,4H2,1-3H3/b23-14-. The summed E-state index contributed by atoms with van der Waals surface area (Å²) in [5.74, 6) is 0.126. The fourth-order valence-electron chi connectivity index (χ4n) is 4.32. The van der Waals surface area contributed by atoms with E-state index in [1.807, 2.05) is 31.2 Å². The van der Waals surface area contributed by atoms with Gasteiger partial charge in [0.15, 0.2) is 4.80 Å². The van der Waals surface area contributed by atoms with Crippen LogP contribution in [-0.4, -0.2) is 17.1 Å². The van der Waals surface area contributed by atoms with Crippen LogP contribution in [0.1, 0.15) is 36.8 Å². The molecular formula is C28H22ClFN2O4S. The molecule has 37 heavy (non-hydrogen) atoms. The van der Waals surface area contributed by atoms with Gasteiger partial charge in [0.2, 0.25) is 0 Å². The lowest BCUT2D eigenvalue weighted by Crippen LogP contribution is -2.39. The zero-order valence-electron chi connectivity index (χ0n) is 20.2. The third kappa shape index (κ3) is 4.70. The van der Waals surface area contributed by atoms with E-state index in [0.717, 1.165) is 11.1 Å². The molecule has 0 saturated carbocycles. The monoisotopic (exact) mass is 536 g/mol. The molecule has 188 valence electrons. The first kappa shape index (κ1) is 24.9. The fourth-order valence-corrected chi connectivity index (χ4v) is 5.51. The third-order valence-corrected chi connectivity index (χ3v) is 7.29. The molecule has 1 atom stereocenters. The van der Waals surface area contributed by atoms with Crippen LogP contribution in [0.4, 0.5) is 4.39 Å². The van der Waals surface area contributed by atoms with Crippen molar-refractivity contribution >= 4 is 35.0 Å². The van der Waals surface area contributed by atoms with Crippen LogP contribution in [0.25, 0.3) is 17.4 Å². The Bertz CT molecular complexity index is 1730. The molecule has 0 aliphatic carbocycles. The van der Waals surface area contributed by atoms with Crippen molar-refractivity contribution in [3.05, 3.63) is 113 Å². The van der Waals surface area contributed by atoms with Crippen molar-refractivity contribution in [2.45, 2.75) is 26.8 Å². The molecule has 1 unspecified atom stereocenters. The van der Waals surface area contributed by atoms with Crippen LogP contribution in [-0.2, 0) is 9.53 Å². The minimum absolute atomic E-state index is 0.170. The highest BCUT2D eigenvalue weighted by Gasteiger charge is 2.33. The van der Waals surface area contributed by atoms with Crippen LogP contribution in [0.5, 0.6) is 0 Å². The molecule has 0 amide bonds. The number of rotatable bonds is 5. The number of nitrogens with zero attached hydrogens (tertiary/aromatic N) is 2. The Morgan fingerprint density at radius 3 is 2.68 bits per heavy atom. The molecule has 0 radical (unpaired) electrons. The number of fused-ring (bicyclic) bond motifs is 1. The van der Waals surface area contributed by atoms with Gasteiger partial charge in [-0.1, -0.05) is 41.1 Å². The van der Waals surface area contributed by atoms with E-state index in [1.165, 1.54) is 28.0 Å². The first-order valence-corrected chi connectivity index (χ1v) is 12.8. The number of hydrogen-bond acceptors (Lipinski definition) is 6. The average molecular weight is 537 g/mol. The molecule has 5 rings (SSSR count). The number of benzene rings is 2. The van der Waals surface area contributed by atoms with Gasteiger partial charge in [-0.15, -0.1) is 0 Å². The number of carbonyl (C=O) groups excluding carboxylic acids is 1. The van der Waals surface area contributed by atoms with Gasteiger partial charge in [0.1, 0.15) is 17.3 Å². The molecule has 6 nitrogen and oxygen atoms in total. The molecule has 0 saturated heterocycles. The van der Waals surface area contributed by atoms with E-state index in [1.54, 1.807) is 38.1 Å². The summed E-state index contributed by atoms with van der Waals surface area (Å²) in [5, 5.41) is 0.598. The number of allylic oxidation sites excluding steroid dienone is 1. The molecule has 0 N–H and O–H groups in total. The third-order valence-electron chi connectivity index (χ3n) is 6.07. The van der Waals surface area contributed by atoms with Gasteiger partial charge in [-0.3, -0.25) is 9.36 Å². The van der Waals surface area contributed by atoms with Crippen molar-refractivity contribution in [2.75, 3.05) is 6.61 Å². The normalized spacial score (nSPS) is 15.5. The van der Waals surface area contributed by atoms with Crippen molar-refractivity contribution in [2.24, 2.45) is 4.99 Å². The Morgan fingerprint density at radius 2 is 1.95 bits per heavy atom. The Balaban J connectivity index is 1.64. The first-order chi connectivity index (χ1) is 17.8. The second-order valence-corrected chi connectivity index (χ2v) is 9.96. The summed E-state index contributed by atoms with van der Waals surface area (Å²) in [4.78, 5) is 31.5. The van der Waals surface area contributed by atoms with Crippen LogP contribution in [0.3, 0.4) is 0 Å². The summed E-state index contributed by atoms with van der Waals surface area (Å²) in [6.07, 6.45) is 1.65. The summed E-state index contributed by atoms with van der Waals surface area (Å²) < 4.78 is 26.8. The molecule has 1 aliphatic heterocycles. The Labute approximate surface area is 220 Å². The second kappa shape index (κ2) is 9.95. The molecular weight excluding hydrogens is 515 g/mol. The number of hydrogen-bond donors (Lipinski definition) is 0. The maximum absolute atomic E-state index is 13.7. The minimum Gasteiger partial charge on any atom is -0.463 e. The van der Waals surface area contributed by atoms with E-state index < -0.39 is 17.8 Å². The predicted molar refractivity (Wildman–Crippen MR) is 141 cm³/mol. The summed E-state index contributed by atoms with van der Waals surface area (Å²) >= 11 is 7.35. The largest absolute Gasteiger partial charge is 0.463 e. The van der Waals surface area contributed by atoms with Crippen LogP contribution in [0.2, 0.25) is 5.02 Å². The fraction of sp³-hybridized carbons (Fsp3) is 0.179. The number of aromatic nitrogens is 1. The summed E-state index contributed by atoms with van der Waals surface area (Å²) in [7, 11) is 0. The van der Waals surface area contributed by atoms with E-state index in [0.29, 0.717) is 37.1 Å². The highest BCUT2D eigenvalue weighted by atomic mass is 35.5. The molecule has 0 spiro atoms. The molecule has 9 heteroatoms. The zero-order valence-corrected chi connectivity index (χ0v) is 21.8. The van der Waals surface area contributed by atoms with E-state index in [4.69, 9.17) is 20.8 Å². The topological polar surface area (TPSA) is 73.8 Å². The molecule has 2 aromatic carbocycles. The average Bonchev–Trinajstić information content (AvgIpc) is 3.45. The quantitative estimate of drug-likeness (QED) is 0.330. The summed E-state index contributed by atoms with van der Waals surface area (Å²) in [5.41, 5.74) is 2.78. The lowest BCUT2D eigenvalue weighted by Gasteiger charge is -2.24. The van der Waals surface area contributed by atoms with Crippen LogP contribution in [0, 0.1) is 12.7 Å². The number of halogens is 2. The van der Waals surface area contributed by atoms with E-state index in [-0.39, 0.29) is 17.7 Å². The van der Waals surface area contributed by atoms with Gasteiger partial charge in [0.25, 0.3) is 5.56 Å². The van der Waals surface area contributed by atoms with Gasteiger partial charge < -0.3 is 9.15 Å². The molecule has 1 aliphatic rings. The molecule has 4 aromatic rings. The highest BCUT2D eigenvalue weighted by molar-refractivity contribution is 7.07. The van der Waals surface area contributed by atoms with Crippen LogP contribution in [0.15, 0.2) is 80.1 Å². The van der Waals surface area contributed by atoms with Crippen LogP contribution >= 0.6 is 22.9 Å². The van der Waals surface area contributed by atoms with Crippen molar-refractivity contribution in [3.8, 4) is 11.3 Å². The van der Waals surface area contributed by atoms with Crippen molar-refractivity contribution in [1.82, 2.24) is 4.57 Å². The maximum Gasteiger partial charge on any atom is 0.338 e. The second-order valence-electron chi connectivity index (χ2n) is 8.52. The molecule has 0 bridgehead atoms. The van der Waals surface area contributed by atoms with Crippen LogP contribution < -0.4 is 14.9 Å². The molecule has 3 heterocycles. The molecule has 0 fully saturated rings.